The zero-order valence-electron chi connectivity index (χ0n) is 12.6. The number of carboxylic acids is 2. The van der Waals surface area contributed by atoms with Crippen molar-refractivity contribution in [2.75, 3.05) is 6.54 Å². The molecular formula is C12H18F3NO7. The first-order valence-electron chi connectivity index (χ1n) is 6.35. The number of amides is 1. The Morgan fingerprint density at radius 3 is 1.87 bits per heavy atom. The molecule has 1 aliphatic rings. The number of alkyl halides is 3. The summed E-state index contributed by atoms with van der Waals surface area (Å²) in [6.45, 7) is 5.11. The predicted molar refractivity (Wildman–Crippen MR) is 68.7 cm³/mol. The molecule has 0 radical (unpaired) electrons. The van der Waals surface area contributed by atoms with Gasteiger partial charge in [-0.25, -0.2) is 14.4 Å². The Morgan fingerprint density at radius 1 is 1.13 bits per heavy atom. The van der Waals surface area contributed by atoms with Crippen LogP contribution in [0.3, 0.4) is 0 Å². The molecule has 0 aromatic rings. The smallest absolute Gasteiger partial charge is 0.480 e. The van der Waals surface area contributed by atoms with Crippen molar-refractivity contribution in [3.63, 3.8) is 0 Å². The van der Waals surface area contributed by atoms with Crippen LogP contribution in [0.5, 0.6) is 0 Å². The number of carbonyl (C=O) groups excluding carboxylic acids is 1. The molecule has 1 aliphatic heterocycles. The number of β-amino-alcohol motifs (C(OH)–C–C–N with tert-alkyl or cyclic N) is 1. The highest BCUT2D eigenvalue weighted by molar-refractivity contribution is 5.81. The van der Waals surface area contributed by atoms with Crippen LogP contribution in [0.2, 0.25) is 0 Å². The van der Waals surface area contributed by atoms with Crippen LogP contribution < -0.4 is 0 Å². The summed E-state index contributed by atoms with van der Waals surface area (Å²) in [4.78, 5) is 32.5. The van der Waals surface area contributed by atoms with Gasteiger partial charge >= 0.3 is 24.2 Å². The molecular weight excluding hydrogens is 327 g/mol. The van der Waals surface area contributed by atoms with Crippen molar-refractivity contribution >= 4 is 18.0 Å². The number of likely N-dealkylation sites (tertiary alicyclic amines) is 1. The fourth-order valence-electron chi connectivity index (χ4n) is 1.57. The van der Waals surface area contributed by atoms with Gasteiger partial charge in [0.25, 0.3) is 0 Å². The predicted octanol–water partition coefficient (Wildman–Crippen LogP) is 1.07. The van der Waals surface area contributed by atoms with Crippen LogP contribution >= 0.6 is 0 Å². The maximum Gasteiger partial charge on any atom is 0.490 e. The SMILES string of the molecule is CC(C)(C)OC(=O)N1C[C@@H](O)C[C@H]1C(=O)O.O=C(O)C(F)(F)F. The van der Waals surface area contributed by atoms with E-state index >= 15 is 0 Å². The molecule has 8 nitrogen and oxygen atoms in total. The average molecular weight is 345 g/mol. The Kier molecular flexibility index (Phi) is 6.82. The van der Waals surface area contributed by atoms with E-state index in [0.717, 1.165) is 4.90 Å². The quantitative estimate of drug-likeness (QED) is 0.649. The molecule has 0 bridgehead atoms. The van der Waals surface area contributed by atoms with E-state index in [1.807, 2.05) is 0 Å². The van der Waals surface area contributed by atoms with E-state index < -0.39 is 42.0 Å². The van der Waals surface area contributed by atoms with Gasteiger partial charge in [-0.3, -0.25) is 4.90 Å². The number of hydrogen-bond donors (Lipinski definition) is 3. The first-order chi connectivity index (χ1) is 10.1. The number of aliphatic hydroxyl groups is 1. The normalized spacial score (nSPS) is 21.3. The second-order valence-electron chi connectivity index (χ2n) is 5.68. The third kappa shape index (κ3) is 7.68. The maximum atomic E-state index is 11.7. The lowest BCUT2D eigenvalue weighted by Gasteiger charge is -2.26. The monoisotopic (exact) mass is 345 g/mol. The molecule has 0 saturated carbocycles. The third-order valence-electron chi connectivity index (χ3n) is 2.43. The Labute approximate surface area is 129 Å². The number of nitrogens with zero attached hydrogens (tertiary/aromatic N) is 1. The summed E-state index contributed by atoms with van der Waals surface area (Å²) in [6, 6.07) is -0.996. The number of hydrogen-bond acceptors (Lipinski definition) is 5. The van der Waals surface area contributed by atoms with E-state index in [9.17, 15) is 27.9 Å². The zero-order chi connectivity index (χ0) is 18.6. The molecule has 1 fully saturated rings. The molecule has 23 heavy (non-hydrogen) atoms. The molecule has 1 heterocycles. The molecule has 1 amide bonds. The van der Waals surface area contributed by atoms with Gasteiger partial charge in [-0.2, -0.15) is 13.2 Å². The largest absolute Gasteiger partial charge is 0.490 e. The van der Waals surface area contributed by atoms with Crippen molar-refractivity contribution in [2.45, 2.75) is 51.1 Å². The van der Waals surface area contributed by atoms with Crippen LogP contribution in [0.1, 0.15) is 27.2 Å². The zero-order valence-corrected chi connectivity index (χ0v) is 12.6. The second kappa shape index (κ2) is 7.49. The van der Waals surface area contributed by atoms with Gasteiger partial charge in [0.2, 0.25) is 0 Å². The lowest BCUT2D eigenvalue weighted by molar-refractivity contribution is -0.192. The van der Waals surface area contributed by atoms with E-state index in [4.69, 9.17) is 19.7 Å². The van der Waals surface area contributed by atoms with E-state index in [1.54, 1.807) is 20.8 Å². The number of aliphatic hydroxyl groups excluding tert-OH is 1. The molecule has 0 spiro atoms. The highest BCUT2D eigenvalue weighted by atomic mass is 19.4. The van der Waals surface area contributed by atoms with Crippen LogP contribution in [0.15, 0.2) is 0 Å². The number of carboxylic acid groups (broad SMARTS) is 2. The number of aliphatic carboxylic acids is 2. The molecule has 0 unspecified atom stereocenters. The molecule has 11 heteroatoms. The van der Waals surface area contributed by atoms with Crippen LogP contribution in [0, 0.1) is 0 Å². The van der Waals surface area contributed by atoms with Crippen molar-refractivity contribution in [3.05, 3.63) is 0 Å². The van der Waals surface area contributed by atoms with Gasteiger partial charge in [-0.15, -0.1) is 0 Å². The third-order valence-corrected chi connectivity index (χ3v) is 2.43. The minimum atomic E-state index is -5.08. The highest BCUT2D eigenvalue weighted by Crippen LogP contribution is 2.21. The van der Waals surface area contributed by atoms with Crippen molar-refractivity contribution < 1.29 is 47.6 Å². The van der Waals surface area contributed by atoms with Crippen LogP contribution in [0.4, 0.5) is 18.0 Å². The second-order valence-corrected chi connectivity index (χ2v) is 5.68. The first kappa shape index (κ1) is 21.0. The average Bonchev–Trinajstić information content (AvgIpc) is 2.68. The highest BCUT2D eigenvalue weighted by Gasteiger charge is 2.41. The van der Waals surface area contributed by atoms with Gasteiger partial charge in [-0.05, 0) is 20.8 Å². The van der Waals surface area contributed by atoms with Crippen LogP contribution in [-0.4, -0.2) is 68.7 Å². The summed E-state index contributed by atoms with van der Waals surface area (Å²) in [7, 11) is 0. The van der Waals surface area contributed by atoms with E-state index in [0.29, 0.717) is 0 Å². The Bertz CT molecular complexity index is 459. The molecule has 0 aromatic carbocycles. The van der Waals surface area contributed by atoms with Crippen molar-refractivity contribution in [2.24, 2.45) is 0 Å². The molecule has 0 aromatic heterocycles. The molecule has 0 aliphatic carbocycles. The van der Waals surface area contributed by atoms with Crippen molar-refractivity contribution in [3.8, 4) is 0 Å². The topological polar surface area (TPSA) is 124 Å². The minimum absolute atomic E-state index is 0.00583. The lowest BCUT2D eigenvalue weighted by Crippen LogP contribution is -2.43. The van der Waals surface area contributed by atoms with Gasteiger partial charge in [0.15, 0.2) is 0 Å². The summed E-state index contributed by atoms with van der Waals surface area (Å²) in [5.41, 5.74) is -0.673. The van der Waals surface area contributed by atoms with E-state index in [-0.39, 0.29) is 13.0 Å². The summed E-state index contributed by atoms with van der Waals surface area (Å²) in [5.74, 6) is -3.88. The summed E-state index contributed by atoms with van der Waals surface area (Å²) < 4.78 is 36.8. The summed E-state index contributed by atoms with van der Waals surface area (Å²) >= 11 is 0. The minimum Gasteiger partial charge on any atom is -0.480 e. The molecule has 2 atom stereocenters. The van der Waals surface area contributed by atoms with Crippen LogP contribution in [-0.2, 0) is 14.3 Å². The van der Waals surface area contributed by atoms with Gasteiger partial charge in [0.05, 0.1) is 12.6 Å². The summed E-state index contributed by atoms with van der Waals surface area (Å²) in [5, 5.41) is 25.4. The maximum absolute atomic E-state index is 11.7. The van der Waals surface area contributed by atoms with Crippen molar-refractivity contribution in [1.82, 2.24) is 4.90 Å². The standard InChI is InChI=1S/C10H17NO5.C2HF3O2/c1-10(2,3)16-9(15)11-5-6(12)4-7(11)8(13)14;3-2(4,5)1(6)7/h6-7,12H,4-5H2,1-3H3,(H,13,14);(H,6,7)/t6-,7-;/m0./s1. The summed E-state index contributed by atoms with van der Waals surface area (Å²) in [6.07, 6.45) is -6.53. The fraction of sp³-hybridized carbons (Fsp3) is 0.750. The van der Waals surface area contributed by atoms with Crippen molar-refractivity contribution in [1.29, 1.82) is 0 Å². The Balaban J connectivity index is 0.000000585. The molecule has 134 valence electrons. The van der Waals surface area contributed by atoms with Gasteiger partial charge in [-0.1, -0.05) is 0 Å². The first-order valence-corrected chi connectivity index (χ1v) is 6.35. The van der Waals surface area contributed by atoms with Crippen LogP contribution in [0.25, 0.3) is 0 Å². The molecule has 1 saturated heterocycles. The number of ether oxygens (including phenoxy) is 1. The Hall–Kier alpha value is -2.04. The van der Waals surface area contributed by atoms with E-state index in [1.165, 1.54) is 0 Å². The molecule has 1 rings (SSSR count). The lowest BCUT2D eigenvalue weighted by atomic mass is 10.2. The van der Waals surface area contributed by atoms with Gasteiger partial charge in [0, 0.05) is 6.42 Å². The number of halogens is 3. The van der Waals surface area contributed by atoms with E-state index in [2.05, 4.69) is 0 Å². The fourth-order valence-corrected chi connectivity index (χ4v) is 1.57. The van der Waals surface area contributed by atoms with Gasteiger partial charge in [0.1, 0.15) is 11.6 Å². The number of carbonyl (C=O) groups is 3. The Morgan fingerprint density at radius 2 is 1.57 bits per heavy atom. The van der Waals surface area contributed by atoms with Gasteiger partial charge < -0.3 is 20.1 Å². The number of rotatable bonds is 1. The molecule has 3 N–H and O–H groups in total.